The van der Waals surface area contributed by atoms with E-state index in [2.05, 4.69) is 67.3 Å². The van der Waals surface area contributed by atoms with Crippen molar-refractivity contribution in [2.45, 2.75) is 118 Å². The van der Waals surface area contributed by atoms with Crippen molar-refractivity contribution in [3.63, 3.8) is 0 Å². The van der Waals surface area contributed by atoms with Gasteiger partial charge in [0.1, 0.15) is 0 Å². The maximum absolute atomic E-state index is 12.2. The summed E-state index contributed by atoms with van der Waals surface area (Å²) in [5.41, 5.74) is -0.918. The van der Waals surface area contributed by atoms with Crippen LogP contribution in [0.25, 0.3) is 0 Å². The molecule has 1 N–H and O–H groups in total. The molecule has 0 aliphatic heterocycles. The Balaban J connectivity index is 4.86. The highest BCUT2D eigenvalue weighted by Crippen LogP contribution is 2.38. The van der Waals surface area contributed by atoms with Crippen LogP contribution in [0.5, 0.6) is 0 Å². The molecule has 0 rings (SSSR count). The van der Waals surface area contributed by atoms with Crippen LogP contribution in [0.2, 0.25) is 0 Å². The normalized spacial score (nSPS) is 15.6. The van der Waals surface area contributed by atoms with Gasteiger partial charge in [-0.2, -0.15) is 0 Å². The van der Waals surface area contributed by atoms with E-state index in [-0.39, 0.29) is 34.5 Å². The Morgan fingerprint density at radius 2 is 1.50 bits per heavy atom. The van der Waals surface area contributed by atoms with Crippen molar-refractivity contribution in [2.75, 3.05) is 6.61 Å². The SMILES string of the molecule is C=CC(C)(CC(C)(C)CC(C)(C)OCCC(C)(C)OC(C)C)NC(=O)C(C)C. The van der Waals surface area contributed by atoms with Crippen molar-refractivity contribution >= 4 is 5.91 Å². The molecular formula is C24H47NO3. The van der Waals surface area contributed by atoms with Gasteiger partial charge in [-0.3, -0.25) is 4.79 Å². The van der Waals surface area contributed by atoms with E-state index in [9.17, 15) is 4.79 Å². The van der Waals surface area contributed by atoms with Crippen molar-refractivity contribution in [1.82, 2.24) is 5.32 Å². The third-order valence-corrected chi connectivity index (χ3v) is 4.89. The second-order valence-electron chi connectivity index (χ2n) is 11.1. The van der Waals surface area contributed by atoms with Crippen LogP contribution in [0.1, 0.15) is 95.4 Å². The fourth-order valence-electron chi connectivity index (χ4n) is 4.12. The van der Waals surface area contributed by atoms with Gasteiger partial charge >= 0.3 is 0 Å². The first-order chi connectivity index (χ1) is 12.4. The summed E-state index contributed by atoms with van der Waals surface area (Å²) in [4.78, 5) is 12.2. The lowest BCUT2D eigenvalue weighted by Crippen LogP contribution is -2.49. The van der Waals surface area contributed by atoms with Crippen molar-refractivity contribution < 1.29 is 14.3 Å². The van der Waals surface area contributed by atoms with Gasteiger partial charge in [0, 0.05) is 5.92 Å². The number of ether oxygens (including phenoxy) is 2. The highest BCUT2D eigenvalue weighted by Gasteiger charge is 2.36. The summed E-state index contributed by atoms with van der Waals surface area (Å²) in [6, 6.07) is 0. The zero-order chi connectivity index (χ0) is 22.4. The van der Waals surface area contributed by atoms with Crippen LogP contribution in [-0.2, 0) is 14.3 Å². The van der Waals surface area contributed by atoms with Gasteiger partial charge in [0.05, 0.1) is 29.5 Å². The van der Waals surface area contributed by atoms with E-state index in [0.717, 1.165) is 19.3 Å². The first-order valence-electron chi connectivity index (χ1n) is 10.7. The molecule has 0 heterocycles. The van der Waals surface area contributed by atoms with Crippen LogP contribution in [-0.4, -0.2) is 35.4 Å². The first-order valence-corrected chi connectivity index (χ1v) is 10.7. The summed E-state index contributed by atoms with van der Waals surface area (Å²) in [7, 11) is 0. The van der Waals surface area contributed by atoms with Crippen molar-refractivity contribution in [3.05, 3.63) is 12.7 Å². The van der Waals surface area contributed by atoms with Gasteiger partial charge in [0.2, 0.25) is 5.91 Å². The quantitative estimate of drug-likeness (QED) is 0.394. The summed E-state index contributed by atoms with van der Waals surface area (Å²) in [5, 5.41) is 3.15. The number of carbonyl (C=O) groups excluding carboxylic acids is 1. The maximum Gasteiger partial charge on any atom is 0.223 e. The number of hydrogen-bond donors (Lipinski definition) is 1. The molecule has 1 atom stereocenters. The standard InChI is InChI=1S/C24H47NO3/c1-13-24(12,25-20(26)18(2)3)17-21(6,7)16-23(10,11)27-15-14-22(8,9)28-19(4)5/h13,18-19H,1,14-17H2,2-12H3,(H,25,26). The lowest BCUT2D eigenvalue weighted by atomic mass is 9.73. The van der Waals surface area contributed by atoms with Gasteiger partial charge in [-0.1, -0.05) is 33.8 Å². The topological polar surface area (TPSA) is 47.6 Å². The van der Waals surface area contributed by atoms with Crippen molar-refractivity contribution in [2.24, 2.45) is 11.3 Å². The predicted molar refractivity (Wildman–Crippen MR) is 120 cm³/mol. The van der Waals surface area contributed by atoms with E-state index in [1.807, 2.05) is 26.8 Å². The number of amides is 1. The second kappa shape index (κ2) is 10.2. The van der Waals surface area contributed by atoms with Crippen LogP contribution in [0.4, 0.5) is 0 Å². The summed E-state index contributed by atoms with van der Waals surface area (Å²) >= 11 is 0. The highest BCUT2D eigenvalue weighted by molar-refractivity contribution is 5.78. The monoisotopic (exact) mass is 397 g/mol. The largest absolute Gasteiger partial charge is 0.375 e. The number of carbonyl (C=O) groups is 1. The smallest absolute Gasteiger partial charge is 0.223 e. The summed E-state index contributed by atoms with van der Waals surface area (Å²) in [6.07, 6.45) is 4.60. The highest BCUT2D eigenvalue weighted by atomic mass is 16.5. The molecule has 0 spiro atoms. The van der Waals surface area contributed by atoms with Gasteiger partial charge in [-0.15, -0.1) is 6.58 Å². The minimum Gasteiger partial charge on any atom is -0.375 e. The van der Waals surface area contributed by atoms with E-state index in [0.29, 0.717) is 6.61 Å². The van der Waals surface area contributed by atoms with E-state index in [1.165, 1.54) is 0 Å². The molecule has 0 bridgehead atoms. The lowest BCUT2D eigenvalue weighted by molar-refractivity contribution is -0.125. The van der Waals surface area contributed by atoms with E-state index < -0.39 is 5.54 Å². The molecule has 28 heavy (non-hydrogen) atoms. The molecule has 0 saturated carbocycles. The molecule has 0 aliphatic rings. The molecule has 0 saturated heterocycles. The van der Waals surface area contributed by atoms with Crippen LogP contribution in [0.3, 0.4) is 0 Å². The molecule has 1 unspecified atom stereocenters. The average Bonchev–Trinajstić information content (AvgIpc) is 2.42. The zero-order valence-electron chi connectivity index (χ0n) is 20.5. The molecule has 166 valence electrons. The Bertz CT molecular complexity index is 506. The van der Waals surface area contributed by atoms with Crippen molar-refractivity contribution in [3.8, 4) is 0 Å². The zero-order valence-corrected chi connectivity index (χ0v) is 20.5. The maximum atomic E-state index is 12.2. The molecule has 4 heteroatoms. The number of rotatable bonds is 13. The van der Waals surface area contributed by atoms with Gasteiger partial charge in [-0.05, 0) is 73.1 Å². The Morgan fingerprint density at radius 1 is 0.964 bits per heavy atom. The number of hydrogen-bond acceptors (Lipinski definition) is 3. The van der Waals surface area contributed by atoms with Crippen LogP contribution in [0.15, 0.2) is 12.7 Å². The van der Waals surface area contributed by atoms with E-state index in [1.54, 1.807) is 0 Å². The third kappa shape index (κ3) is 11.2. The molecule has 0 fully saturated rings. The van der Waals surface area contributed by atoms with Gasteiger partial charge < -0.3 is 14.8 Å². The summed E-state index contributed by atoms with van der Waals surface area (Å²) < 4.78 is 12.2. The summed E-state index contributed by atoms with van der Waals surface area (Å²) in [6.45, 7) is 27.6. The lowest BCUT2D eigenvalue weighted by Gasteiger charge is -2.41. The molecule has 0 aromatic rings. The minimum absolute atomic E-state index is 0.0271. The van der Waals surface area contributed by atoms with Crippen LogP contribution in [0, 0.1) is 11.3 Å². The first kappa shape index (κ1) is 27.1. The predicted octanol–water partition coefficient (Wildman–Crippen LogP) is 5.90. The number of nitrogens with one attached hydrogen (secondary N) is 1. The molecular weight excluding hydrogens is 350 g/mol. The molecule has 4 nitrogen and oxygen atoms in total. The van der Waals surface area contributed by atoms with E-state index in [4.69, 9.17) is 9.47 Å². The van der Waals surface area contributed by atoms with Gasteiger partial charge in [0.15, 0.2) is 0 Å². The van der Waals surface area contributed by atoms with Crippen LogP contribution >= 0.6 is 0 Å². The minimum atomic E-state index is -0.436. The Morgan fingerprint density at radius 3 is 1.93 bits per heavy atom. The van der Waals surface area contributed by atoms with Gasteiger partial charge in [-0.25, -0.2) is 0 Å². The summed E-state index contributed by atoms with van der Waals surface area (Å²) in [5.74, 6) is 0.0136. The van der Waals surface area contributed by atoms with Crippen LogP contribution < -0.4 is 5.32 Å². The Hall–Kier alpha value is -0.870. The third-order valence-electron chi connectivity index (χ3n) is 4.89. The molecule has 0 aliphatic carbocycles. The fourth-order valence-corrected chi connectivity index (χ4v) is 4.12. The molecule has 0 aromatic carbocycles. The molecule has 1 amide bonds. The molecule has 0 aromatic heterocycles. The Kier molecular flexibility index (Phi) is 9.93. The second-order valence-corrected chi connectivity index (χ2v) is 11.1. The van der Waals surface area contributed by atoms with Gasteiger partial charge in [0.25, 0.3) is 0 Å². The van der Waals surface area contributed by atoms with E-state index >= 15 is 0 Å². The Labute approximate surface area is 174 Å². The molecule has 0 radical (unpaired) electrons. The fraction of sp³-hybridized carbons (Fsp3) is 0.875. The van der Waals surface area contributed by atoms with Crippen molar-refractivity contribution in [1.29, 1.82) is 0 Å². The average molecular weight is 398 g/mol.